The second kappa shape index (κ2) is 5.20. The van der Waals surface area contributed by atoms with Crippen LogP contribution >= 0.6 is 0 Å². The Morgan fingerprint density at radius 1 is 1.10 bits per heavy atom. The van der Waals surface area contributed by atoms with E-state index >= 15 is 0 Å². The van der Waals surface area contributed by atoms with Crippen LogP contribution in [0.25, 0.3) is 0 Å². The van der Waals surface area contributed by atoms with E-state index in [-0.39, 0.29) is 5.97 Å². The molecule has 0 bridgehead atoms. The molecule has 4 heteroatoms. The molecular formula is C17H17NO3. The number of esters is 1. The van der Waals surface area contributed by atoms with Crippen LogP contribution in [0.5, 0.6) is 5.75 Å². The van der Waals surface area contributed by atoms with Gasteiger partial charge in [-0.25, -0.2) is 4.79 Å². The molecule has 0 N–H and O–H groups in total. The van der Waals surface area contributed by atoms with Crippen LogP contribution in [0.2, 0.25) is 0 Å². The van der Waals surface area contributed by atoms with Gasteiger partial charge in [0, 0.05) is 31.8 Å². The Morgan fingerprint density at radius 2 is 1.86 bits per heavy atom. The number of rotatable bonds is 3. The Hall–Kier alpha value is -2.36. The molecule has 0 spiro atoms. The second-order valence-corrected chi connectivity index (χ2v) is 5.55. The van der Waals surface area contributed by atoms with Gasteiger partial charge < -0.3 is 9.47 Å². The standard InChI is InChI=1S/C17H17NO3/c1-17(2)20-15-10-13(18-11-14(15)16(19)21-17)9-8-12-6-4-3-5-7-12/h3-7,10-11H,8-9H2,1-2H3. The van der Waals surface area contributed by atoms with Gasteiger partial charge in [-0.2, -0.15) is 0 Å². The number of aromatic nitrogens is 1. The van der Waals surface area contributed by atoms with E-state index in [2.05, 4.69) is 17.1 Å². The first kappa shape index (κ1) is 13.6. The minimum atomic E-state index is -0.928. The highest BCUT2D eigenvalue weighted by Gasteiger charge is 2.34. The fourth-order valence-electron chi connectivity index (χ4n) is 2.33. The smallest absolute Gasteiger partial charge is 0.346 e. The van der Waals surface area contributed by atoms with Crippen molar-refractivity contribution < 1.29 is 14.3 Å². The molecule has 0 unspecified atom stereocenters. The Kier molecular flexibility index (Phi) is 3.37. The molecule has 1 aromatic heterocycles. The van der Waals surface area contributed by atoms with Crippen LogP contribution in [-0.4, -0.2) is 16.7 Å². The molecule has 1 aliphatic rings. The van der Waals surface area contributed by atoms with E-state index < -0.39 is 5.79 Å². The first-order valence-electron chi connectivity index (χ1n) is 6.99. The number of pyridine rings is 1. The number of carbonyl (C=O) groups excluding carboxylic acids is 1. The summed E-state index contributed by atoms with van der Waals surface area (Å²) in [7, 11) is 0. The highest BCUT2D eigenvalue weighted by Crippen LogP contribution is 2.31. The molecule has 0 amide bonds. The van der Waals surface area contributed by atoms with Crippen molar-refractivity contribution in [2.45, 2.75) is 32.5 Å². The van der Waals surface area contributed by atoms with Gasteiger partial charge in [-0.3, -0.25) is 4.98 Å². The van der Waals surface area contributed by atoms with E-state index in [0.717, 1.165) is 18.5 Å². The monoisotopic (exact) mass is 283 g/mol. The van der Waals surface area contributed by atoms with Crippen LogP contribution < -0.4 is 4.74 Å². The van der Waals surface area contributed by atoms with Gasteiger partial charge in [0.05, 0.1) is 0 Å². The molecular weight excluding hydrogens is 266 g/mol. The largest absolute Gasteiger partial charge is 0.452 e. The number of hydrogen-bond donors (Lipinski definition) is 0. The lowest BCUT2D eigenvalue weighted by Gasteiger charge is -2.31. The first-order valence-corrected chi connectivity index (χ1v) is 6.99. The summed E-state index contributed by atoms with van der Waals surface area (Å²) in [6, 6.07) is 12.1. The third-order valence-electron chi connectivity index (χ3n) is 3.35. The first-order chi connectivity index (χ1) is 10.0. The van der Waals surface area contributed by atoms with Gasteiger partial charge in [0.25, 0.3) is 0 Å². The number of carbonyl (C=O) groups is 1. The van der Waals surface area contributed by atoms with E-state index in [0.29, 0.717) is 11.3 Å². The number of aryl methyl sites for hydroxylation is 2. The Balaban J connectivity index is 1.78. The molecule has 1 aliphatic heterocycles. The fraction of sp³-hybridized carbons (Fsp3) is 0.294. The predicted octanol–water partition coefficient (Wildman–Crippen LogP) is 3.15. The van der Waals surface area contributed by atoms with Crippen LogP contribution in [0.15, 0.2) is 42.6 Å². The SMILES string of the molecule is CC1(C)OC(=O)c2cnc(CCc3ccccc3)cc2O1. The van der Waals surface area contributed by atoms with Gasteiger partial charge in [0.2, 0.25) is 5.79 Å². The quantitative estimate of drug-likeness (QED) is 0.812. The number of hydrogen-bond acceptors (Lipinski definition) is 4. The highest BCUT2D eigenvalue weighted by molar-refractivity contribution is 5.93. The summed E-state index contributed by atoms with van der Waals surface area (Å²) < 4.78 is 10.9. The van der Waals surface area contributed by atoms with Gasteiger partial charge in [-0.05, 0) is 18.4 Å². The zero-order valence-electron chi connectivity index (χ0n) is 12.1. The number of benzene rings is 1. The molecule has 0 fully saturated rings. The van der Waals surface area contributed by atoms with Crippen molar-refractivity contribution in [3.63, 3.8) is 0 Å². The van der Waals surface area contributed by atoms with E-state index in [1.54, 1.807) is 13.8 Å². The third-order valence-corrected chi connectivity index (χ3v) is 3.35. The van der Waals surface area contributed by atoms with Crippen molar-refractivity contribution >= 4 is 5.97 Å². The molecule has 0 saturated carbocycles. The summed E-state index contributed by atoms with van der Waals surface area (Å²) in [5, 5.41) is 0. The maximum absolute atomic E-state index is 11.8. The van der Waals surface area contributed by atoms with Gasteiger partial charge in [0.15, 0.2) is 0 Å². The van der Waals surface area contributed by atoms with Crippen LogP contribution in [0.3, 0.4) is 0 Å². The molecule has 2 heterocycles. The van der Waals surface area contributed by atoms with E-state index in [4.69, 9.17) is 9.47 Å². The average Bonchev–Trinajstić information content (AvgIpc) is 2.44. The summed E-state index contributed by atoms with van der Waals surface area (Å²) in [4.78, 5) is 16.2. The van der Waals surface area contributed by atoms with Gasteiger partial charge in [-0.1, -0.05) is 30.3 Å². The minimum absolute atomic E-state index is 0.386. The molecule has 0 radical (unpaired) electrons. The highest BCUT2D eigenvalue weighted by atomic mass is 16.7. The maximum atomic E-state index is 11.8. The number of ether oxygens (including phenoxy) is 2. The van der Waals surface area contributed by atoms with Crippen LogP contribution in [0.1, 0.15) is 35.5 Å². The zero-order chi connectivity index (χ0) is 14.9. The molecule has 3 rings (SSSR count). The fourth-order valence-corrected chi connectivity index (χ4v) is 2.33. The van der Waals surface area contributed by atoms with Crippen molar-refractivity contribution in [3.05, 3.63) is 59.4 Å². The Morgan fingerprint density at radius 3 is 2.62 bits per heavy atom. The normalized spacial score (nSPS) is 15.8. The molecule has 0 aliphatic carbocycles. The van der Waals surface area contributed by atoms with Crippen molar-refractivity contribution in [1.82, 2.24) is 4.98 Å². The van der Waals surface area contributed by atoms with Gasteiger partial charge in [0.1, 0.15) is 11.3 Å². The number of nitrogens with zero attached hydrogens (tertiary/aromatic N) is 1. The average molecular weight is 283 g/mol. The van der Waals surface area contributed by atoms with Gasteiger partial charge >= 0.3 is 5.97 Å². The lowest BCUT2D eigenvalue weighted by atomic mass is 10.1. The molecule has 108 valence electrons. The Bertz CT molecular complexity index is 665. The zero-order valence-corrected chi connectivity index (χ0v) is 12.1. The number of cyclic esters (lactones) is 1. The molecule has 0 saturated heterocycles. The van der Waals surface area contributed by atoms with Crippen molar-refractivity contribution in [2.75, 3.05) is 0 Å². The molecule has 0 atom stereocenters. The Labute approximate surface area is 123 Å². The van der Waals surface area contributed by atoms with E-state index in [1.165, 1.54) is 11.8 Å². The topological polar surface area (TPSA) is 48.4 Å². The summed E-state index contributed by atoms with van der Waals surface area (Å²) >= 11 is 0. The lowest BCUT2D eigenvalue weighted by Crippen LogP contribution is -2.39. The lowest BCUT2D eigenvalue weighted by molar-refractivity contribution is -0.127. The third kappa shape index (κ3) is 3.05. The van der Waals surface area contributed by atoms with Crippen LogP contribution in [0, 0.1) is 0 Å². The molecule has 21 heavy (non-hydrogen) atoms. The van der Waals surface area contributed by atoms with Gasteiger partial charge in [-0.15, -0.1) is 0 Å². The second-order valence-electron chi connectivity index (χ2n) is 5.55. The maximum Gasteiger partial charge on any atom is 0.346 e. The van der Waals surface area contributed by atoms with E-state index in [1.807, 2.05) is 24.3 Å². The van der Waals surface area contributed by atoms with Crippen molar-refractivity contribution in [1.29, 1.82) is 0 Å². The summed E-state index contributed by atoms with van der Waals surface area (Å²) in [6.45, 7) is 3.44. The minimum Gasteiger partial charge on any atom is -0.452 e. The molecule has 4 nitrogen and oxygen atoms in total. The van der Waals surface area contributed by atoms with E-state index in [9.17, 15) is 4.79 Å². The van der Waals surface area contributed by atoms with Crippen molar-refractivity contribution in [3.8, 4) is 5.75 Å². The summed E-state index contributed by atoms with van der Waals surface area (Å²) in [5.41, 5.74) is 2.55. The predicted molar refractivity (Wildman–Crippen MR) is 78.2 cm³/mol. The summed E-state index contributed by atoms with van der Waals surface area (Å²) in [6.07, 6.45) is 3.24. The molecule has 2 aromatic rings. The van der Waals surface area contributed by atoms with Crippen LogP contribution in [0.4, 0.5) is 0 Å². The number of fused-ring (bicyclic) bond motifs is 1. The van der Waals surface area contributed by atoms with Crippen LogP contribution in [-0.2, 0) is 17.6 Å². The van der Waals surface area contributed by atoms with Crippen molar-refractivity contribution in [2.24, 2.45) is 0 Å². The summed E-state index contributed by atoms with van der Waals surface area (Å²) in [5.74, 6) is -0.764. The molecule has 1 aromatic carbocycles.